The van der Waals surface area contributed by atoms with Crippen LogP contribution in [0.1, 0.15) is 5.69 Å². The first-order valence-electron chi connectivity index (χ1n) is 3.00. The predicted molar refractivity (Wildman–Crippen MR) is 45.9 cm³/mol. The second-order valence-corrected chi connectivity index (χ2v) is 3.52. The van der Waals surface area contributed by atoms with Crippen molar-refractivity contribution in [3.63, 3.8) is 0 Å². The molecule has 0 saturated heterocycles. The van der Waals surface area contributed by atoms with Gasteiger partial charge in [-0.15, -0.1) is 11.3 Å². The summed E-state index contributed by atoms with van der Waals surface area (Å²) in [6.07, 6.45) is 0. The van der Waals surface area contributed by atoms with Crippen molar-refractivity contribution < 1.29 is 0 Å². The molecule has 1 nitrogen and oxygen atoms in total. The number of nitrogens with one attached hydrogen (secondary N) is 1. The number of hydrogen-bond donors (Lipinski definition) is 1. The quantitative estimate of drug-likeness (QED) is 0.627. The minimum absolute atomic E-state index is 0.866. The second kappa shape index (κ2) is 2.01. The van der Waals surface area contributed by atoms with Crippen LogP contribution in [-0.4, -0.2) is 4.98 Å². The number of H-pyrrole nitrogens is 1. The molecule has 0 aliphatic heterocycles. The largest absolute Gasteiger partial charge is 0.357 e. The van der Waals surface area contributed by atoms with E-state index >= 15 is 0 Å². The van der Waals surface area contributed by atoms with E-state index in [0.29, 0.717) is 0 Å². The van der Waals surface area contributed by atoms with Gasteiger partial charge in [-0.1, -0.05) is 11.6 Å². The minimum atomic E-state index is 0.866. The Balaban J connectivity index is 2.95. The maximum Gasteiger partial charge on any atom is 0.0788 e. The van der Waals surface area contributed by atoms with Crippen molar-refractivity contribution in [1.29, 1.82) is 0 Å². The van der Waals surface area contributed by atoms with Crippen LogP contribution in [0.15, 0.2) is 11.4 Å². The third-order valence-electron chi connectivity index (χ3n) is 1.52. The van der Waals surface area contributed by atoms with Gasteiger partial charge in [0.15, 0.2) is 0 Å². The zero-order chi connectivity index (χ0) is 7.14. The number of thiophene rings is 1. The van der Waals surface area contributed by atoms with E-state index in [4.69, 9.17) is 11.6 Å². The van der Waals surface area contributed by atoms with Gasteiger partial charge in [-0.25, -0.2) is 0 Å². The first-order chi connectivity index (χ1) is 4.79. The zero-order valence-corrected chi connectivity index (χ0v) is 7.01. The molecule has 3 heteroatoms. The highest BCUT2D eigenvalue weighted by Gasteiger charge is 2.05. The number of aromatic nitrogens is 1. The Bertz CT molecular complexity index is 360. The Hall–Kier alpha value is -0.470. The van der Waals surface area contributed by atoms with Crippen molar-refractivity contribution in [2.24, 2.45) is 0 Å². The predicted octanol–water partition coefficient (Wildman–Crippen LogP) is 3.19. The van der Waals surface area contributed by atoms with Gasteiger partial charge in [0.2, 0.25) is 0 Å². The van der Waals surface area contributed by atoms with E-state index < -0.39 is 0 Å². The molecule has 0 radical (unpaired) electrons. The molecular formula is C7H6ClNS. The van der Waals surface area contributed by atoms with Crippen LogP contribution in [0.25, 0.3) is 10.2 Å². The second-order valence-electron chi connectivity index (χ2n) is 2.23. The number of hydrogen-bond acceptors (Lipinski definition) is 1. The molecule has 2 rings (SSSR count). The van der Waals surface area contributed by atoms with Gasteiger partial charge in [0.25, 0.3) is 0 Å². The van der Waals surface area contributed by atoms with Gasteiger partial charge in [-0.05, 0) is 18.4 Å². The average molecular weight is 172 g/mol. The fraction of sp³-hybridized carbons (Fsp3) is 0.143. The van der Waals surface area contributed by atoms with E-state index in [9.17, 15) is 0 Å². The van der Waals surface area contributed by atoms with Crippen molar-refractivity contribution >= 4 is 33.2 Å². The maximum atomic E-state index is 5.96. The van der Waals surface area contributed by atoms with Crippen molar-refractivity contribution in [3.8, 4) is 0 Å². The summed E-state index contributed by atoms with van der Waals surface area (Å²) in [6, 6.07) is 2.04. The van der Waals surface area contributed by atoms with Gasteiger partial charge in [-0.3, -0.25) is 0 Å². The van der Waals surface area contributed by atoms with E-state index in [0.717, 1.165) is 16.2 Å². The van der Waals surface area contributed by atoms with Crippen LogP contribution in [0.2, 0.25) is 5.02 Å². The molecule has 2 aromatic rings. The highest BCUT2D eigenvalue weighted by Crippen LogP contribution is 2.30. The van der Waals surface area contributed by atoms with Crippen LogP contribution in [0.3, 0.4) is 0 Å². The lowest BCUT2D eigenvalue weighted by molar-refractivity contribution is 1.30. The molecule has 0 unspecified atom stereocenters. The minimum Gasteiger partial charge on any atom is -0.357 e. The van der Waals surface area contributed by atoms with Gasteiger partial charge >= 0.3 is 0 Å². The topological polar surface area (TPSA) is 15.8 Å². The molecule has 0 amide bonds. The van der Waals surface area contributed by atoms with E-state index in [1.807, 2.05) is 18.4 Å². The fourth-order valence-electron chi connectivity index (χ4n) is 1.00. The summed E-state index contributed by atoms with van der Waals surface area (Å²) >= 11 is 7.63. The number of rotatable bonds is 0. The molecule has 1 N–H and O–H groups in total. The lowest BCUT2D eigenvalue weighted by atomic mass is 10.5. The zero-order valence-electron chi connectivity index (χ0n) is 5.44. The third-order valence-corrected chi connectivity index (χ3v) is 3.03. The Kier molecular flexibility index (Phi) is 1.25. The molecule has 0 atom stereocenters. The average Bonchev–Trinajstić information content (AvgIpc) is 2.41. The van der Waals surface area contributed by atoms with Crippen LogP contribution in [0, 0.1) is 6.92 Å². The summed E-state index contributed by atoms with van der Waals surface area (Å²) in [5.41, 5.74) is 2.20. The van der Waals surface area contributed by atoms with E-state index in [1.165, 1.54) is 4.70 Å². The molecule has 0 aliphatic rings. The lowest BCUT2D eigenvalue weighted by Crippen LogP contribution is -1.66. The van der Waals surface area contributed by atoms with Gasteiger partial charge < -0.3 is 4.98 Å². The Morgan fingerprint density at radius 2 is 2.40 bits per heavy atom. The normalized spacial score (nSPS) is 11.0. The monoisotopic (exact) mass is 171 g/mol. The number of aryl methyl sites for hydroxylation is 1. The summed E-state index contributed by atoms with van der Waals surface area (Å²) in [5.74, 6) is 0. The number of halogens is 1. The molecule has 0 spiro atoms. The third kappa shape index (κ3) is 0.693. The van der Waals surface area contributed by atoms with Gasteiger partial charge in [-0.2, -0.15) is 0 Å². The molecule has 10 heavy (non-hydrogen) atoms. The summed E-state index contributed by atoms with van der Waals surface area (Å²) in [5, 5.41) is 2.90. The molecule has 0 saturated carbocycles. The van der Waals surface area contributed by atoms with Crippen LogP contribution in [0.5, 0.6) is 0 Å². The number of fused-ring (bicyclic) bond motifs is 1. The summed E-state index contributed by atoms with van der Waals surface area (Å²) < 4.78 is 1.17. The van der Waals surface area contributed by atoms with Gasteiger partial charge in [0.1, 0.15) is 0 Å². The molecule has 0 bridgehead atoms. The SMILES string of the molecule is Cc1[nH]c2ccsc2c1Cl. The first kappa shape index (κ1) is 6.25. The highest BCUT2D eigenvalue weighted by atomic mass is 35.5. The van der Waals surface area contributed by atoms with Crippen molar-refractivity contribution in [3.05, 3.63) is 22.2 Å². The summed E-state index contributed by atoms with van der Waals surface area (Å²) in [6.45, 7) is 1.98. The summed E-state index contributed by atoms with van der Waals surface area (Å²) in [7, 11) is 0. The lowest BCUT2D eigenvalue weighted by Gasteiger charge is -1.81. The smallest absolute Gasteiger partial charge is 0.0788 e. The molecule has 0 fully saturated rings. The van der Waals surface area contributed by atoms with Crippen molar-refractivity contribution in [1.82, 2.24) is 4.98 Å². The maximum absolute atomic E-state index is 5.96. The molecule has 2 heterocycles. The van der Waals surface area contributed by atoms with Crippen LogP contribution < -0.4 is 0 Å². The van der Waals surface area contributed by atoms with Crippen LogP contribution in [-0.2, 0) is 0 Å². The fourth-order valence-corrected chi connectivity index (χ4v) is 2.13. The number of aromatic amines is 1. The van der Waals surface area contributed by atoms with E-state index in [-0.39, 0.29) is 0 Å². The van der Waals surface area contributed by atoms with E-state index in [1.54, 1.807) is 11.3 Å². The van der Waals surface area contributed by atoms with E-state index in [2.05, 4.69) is 4.98 Å². The summed E-state index contributed by atoms with van der Waals surface area (Å²) in [4.78, 5) is 3.19. The van der Waals surface area contributed by atoms with Crippen molar-refractivity contribution in [2.75, 3.05) is 0 Å². The highest BCUT2D eigenvalue weighted by molar-refractivity contribution is 7.17. The molecule has 0 aromatic carbocycles. The van der Waals surface area contributed by atoms with Crippen LogP contribution in [0.4, 0.5) is 0 Å². The molecule has 0 aliphatic carbocycles. The standard InChI is InChI=1S/C7H6ClNS/c1-4-6(8)7-5(9-4)2-3-10-7/h2-3,9H,1H3. The Morgan fingerprint density at radius 3 is 3.10 bits per heavy atom. The molecule has 2 aromatic heterocycles. The van der Waals surface area contributed by atoms with Gasteiger partial charge in [0, 0.05) is 5.69 Å². The van der Waals surface area contributed by atoms with Crippen molar-refractivity contribution in [2.45, 2.75) is 6.92 Å². The van der Waals surface area contributed by atoms with Crippen LogP contribution >= 0.6 is 22.9 Å². The first-order valence-corrected chi connectivity index (χ1v) is 4.26. The molecule has 52 valence electrons. The molecular weight excluding hydrogens is 166 g/mol. The Morgan fingerprint density at radius 1 is 1.60 bits per heavy atom. The van der Waals surface area contributed by atoms with Gasteiger partial charge in [0.05, 0.1) is 15.2 Å². The Labute approximate surface area is 67.6 Å².